The van der Waals surface area contributed by atoms with Crippen molar-refractivity contribution in [3.05, 3.63) is 90.0 Å². The molecule has 1 aliphatic rings. The lowest BCUT2D eigenvalue weighted by Crippen LogP contribution is -2.27. The highest BCUT2D eigenvalue weighted by atomic mass is 16.5. The SMILES string of the molecule is CC(Oc1ccc(C2CCN(c3ccccc3)c3ccccc32)cc1)C(=O)O. The van der Waals surface area contributed by atoms with Crippen molar-refractivity contribution < 1.29 is 14.6 Å². The second-order valence-corrected chi connectivity index (χ2v) is 7.05. The first-order valence-corrected chi connectivity index (χ1v) is 9.54. The summed E-state index contributed by atoms with van der Waals surface area (Å²) in [5.74, 6) is -0.0814. The van der Waals surface area contributed by atoms with E-state index in [-0.39, 0.29) is 0 Å². The third-order valence-corrected chi connectivity index (χ3v) is 5.26. The van der Waals surface area contributed by atoms with E-state index >= 15 is 0 Å². The summed E-state index contributed by atoms with van der Waals surface area (Å²) in [4.78, 5) is 13.3. The second kappa shape index (κ2) is 7.77. The molecule has 4 nitrogen and oxygen atoms in total. The molecule has 0 aromatic heterocycles. The van der Waals surface area contributed by atoms with Crippen LogP contribution in [0.3, 0.4) is 0 Å². The van der Waals surface area contributed by atoms with Crippen LogP contribution in [-0.4, -0.2) is 23.7 Å². The van der Waals surface area contributed by atoms with Crippen molar-refractivity contribution in [1.82, 2.24) is 0 Å². The van der Waals surface area contributed by atoms with Crippen molar-refractivity contribution in [3.63, 3.8) is 0 Å². The van der Waals surface area contributed by atoms with Gasteiger partial charge in [-0.1, -0.05) is 48.5 Å². The van der Waals surface area contributed by atoms with Crippen molar-refractivity contribution in [2.75, 3.05) is 11.4 Å². The average Bonchev–Trinajstić information content (AvgIpc) is 2.74. The maximum atomic E-state index is 11.0. The number of nitrogens with zero attached hydrogens (tertiary/aromatic N) is 1. The van der Waals surface area contributed by atoms with Gasteiger partial charge in [0.25, 0.3) is 0 Å². The predicted molar refractivity (Wildman–Crippen MR) is 111 cm³/mol. The zero-order chi connectivity index (χ0) is 19.5. The minimum atomic E-state index is -0.966. The molecule has 2 unspecified atom stereocenters. The molecule has 1 N–H and O–H groups in total. The molecule has 0 aliphatic carbocycles. The molecule has 28 heavy (non-hydrogen) atoms. The van der Waals surface area contributed by atoms with Crippen molar-refractivity contribution >= 4 is 17.3 Å². The number of hydrogen-bond donors (Lipinski definition) is 1. The normalized spacial score (nSPS) is 16.9. The van der Waals surface area contributed by atoms with Gasteiger partial charge in [0.2, 0.25) is 0 Å². The van der Waals surface area contributed by atoms with Gasteiger partial charge >= 0.3 is 5.97 Å². The number of carboxylic acids is 1. The van der Waals surface area contributed by atoms with Crippen LogP contribution in [0.1, 0.15) is 30.4 Å². The minimum Gasteiger partial charge on any atom is -0.479 e. The fraction of sp³-hybridized carbons (Fsp3) is 0.208. The van der Waals surface area contributed by atoms with Gasteiger partial charge in [-0.05, 0) is 54.8 Å². The number of ether oxygens (including phenoxy) is 1. The quantitative estimate of drug-likeness (QED) is 0.667. The number of aliphatic carboxylic acids is 1. The van der Waals surface area contributed by atoms with E-state index in [9.17, 15) is 4.79 Å². The van der Waals surface area contributed by atoms with Gasteiger partial charge in [-0.3, -0.25) is 0 Å². The first-order valence-electron chi connectivity index (χ1n) is 9.54. The van der Waals surface area contributed by atoms with E-state index in [1.807, 2.05) is 30.3 Å². The number of benzene rings is 3. The van der Waals surface area contributed by atoms with Gasteiger partial charge in [0, 0.05) is 23.8 Å². The van der Waals surface area contributed by atoms with Gasteiger partial charge < -0.3 is 14.7 Å². The fourth-order valence-corrected chi connectivity index (χ4v) is 3.82. The van der Waals surface area contributed by atoms with Gasteiger partial charge in [-0.15, -0.1) is 0 Å². The fourth-order valence-electron chi connectivity index (χ4n) is 3.82. The van der Waals surface area contributed by atoms with Gasteiger partial charge in [0.15, 0.2) is 6.10 Å². The van der Waals surface area contributed by atoms with E-state index in [4.69, 9.17) is 9.84 Å². The maximum absolute atomic E-state index is 11.0. The Labute approximate surface area is 165 Å². The topological polar surface area (TPSA) is 49.8 Å². The number of hydrogen-bond acceptors (Lipinski definition) is 3. The number of carboxylic acid groups (broad SMARTS) is 1. The van der Waals surface area contributed by atoms with Crippen LogP contribution in [0.4, 0.5) is 11.4 Å². The molecule has 0 bridgehead atoms. The van der Waals surface area contributed by atoms with E-state index < -0.39 is 12.1 Å². The summed E-state index contributed by atoms with van der Waals surface area (Å²) in [7, 11) is 0. The minimum absolute atomic E-state index is 0.308. The molecule has 2 atom stereocenters. The molecule has 0 amide bonds. The van der Waals surface area contributed by atoms with Gasteiger partial charge in [-0.2, -0.15) is 0 Å². The molecule has 0 spiro atoms. The molecule has 0 saturated heterocycles. The lowest BCUT2D eigenvalue weighted by atomic mass is 9.84. The Kier molecular flexibility index (Phi) is 5.02. The van der Waals surface area contributed by atoms with Crippen LogP contribution >= 0.6 is 0 Å². The highest BCUT2D eigenvalue weighted by molar-refractivity contribution is 5.72. The first kappa shape index (κ1) is 18.1. The van der Waals surface area contributed by atoms with E-state index in [2.05, 4.69) is 53.4 Å². The average molecular weight is 373 g/mol. The summed E-state index contributed by atoms with van der Waals surface area (Å²) in [6, 6.07) is 26.8. The van der Waals surface area contributed by atoms with Crippen molar-refractivity contribution in [1.29, 1.82) is 0 Å². The summed E-state index contributed by atoms with van der Waals surface area (Å²) < 4.78 is 5.45. The van der Waals surface area contributed by atoms with E-state index in [1.165, 1.54) is 29.4 Å². The second-order valence-electron chi connectivity index (χ2n) is 7.05. The molecule has 4 rings (SSSR count). The Hall–Kier alpha value is -3.27. The van der Waals surface area contributed by atoms with Crippen LogP contribution in [0, 0.1) is 0 Å². The molecule has 0 saturated carbocycles. The van der Waals surface area contributed by atoms with Crippen LogP contribution in [0.2, 0.25) is 0 Å². The molecule has 1 heterocycles. The number of carbonyl (C=O) groups is 1. The zero-order valence-electron chi connectivity index (χ0n) is 15.8. The van der Waals surface area contributed by atoms with Crippen LogP contribution in [0.25, 0.3) is 0 Å². The van der Waals surface area contributed by atoms with Crippen LogP contribution < -0.4 is 9.64 Å². The Bertz CT molecular complexity index is 953. The molecule has 0 radical (unpaired) electrons. The third-order valence-electron chi connectivity index (χ3n) is 5.26. The summed E-state index contributed by atoms with van der Waals surface area (Å²) in [5.41, 5.74) is 4.98. The Morgan fingerprint density at radius 3 is 2.39 bits per heavy atom. The number of rotatable bonds is 5. The van der Waals surface area contributed by atoms with E-state index in [1.54, 1.807) is 0 Å². The van der Waals surface area contributed by atoms with Crippen LogP contribution in [0.5, 0.6) is 5.75 Å². The summed E-state index contributed by atoms with van der Waals surface area (Å²) in [6.45, 7) is 2.48. The van der Waals surface area contributed by atoms with Crippen LogP contribution in [-0.2, 0) is 4.79 Å². The Morgan fingerprint density at radius 1 is 1.00 bits per heavy atom. The summed E-state index contributed by atoms with van der Waals surface area (Å²) >= 11 is 0. The molecular formula is C24H23NO3. The third kappa shape index (κ3) is 3.58. The standard InChI is InChI=1S/C24H23NO3/c1-17(24(26)27)28-20-13-11-18(12-14-20)21-15-16-25(19-7-3-2-4-8-19)23-10-6-5-9-22(21)23/h2-14,17,21H,15-16H2,1H3,(H,26,27). The van der Waals surface area contributed by atoms with E-state index in [0.717, 1.165) is 13.0 Å². The molecule has 0 fully saturated rings. The Balaban J connectivity index is 1.61. The number of para-hydroxylation sites is 2. The predicted octanol–water partition coefficient (Wildman–Crippen LogP) is 5.21. The maximum Gasteiger partial charge on any atom is 0.344 e. The first-order chi connectivity index (χ1) is 13.6. The number of fused-ring (bicyclic) bond motifs is 1. The molecule has 3 aromatic carbocycles. The highest BCUT2D eigenvalue weighted by Gasteiger charge is 2.26. The smallest absolute Gasteiger partial charge is 0.344 e. The molecule has 3 aromatic rings. The van der Waals surface area contributed by atoms with Crippen molar-refractivity contribution in [2.45, 2.75) is 25.4 Å². The monoisotopic (exact) mass is 373 g/mol. The van der Waals surface area contributed by atoms with Gasteiger partial charge in [-0.25, -0.2) is 4.79 Å². The largest absolute Gasteiger partial charge is 0.479 e. The summed E-state index contributed by atoms with van der Waals surface area (Å²) in [5, 5.41) is 9.00. The lowest BCUT2D eigenvalue weighted by Gasteiger charge is -2.36. The molecule has 142 valence electrons. The van der Waals surface area contributed by atoms with Gasteiger partial charge in [0.1, 0.15) is 5.75 Å². The van der Waals surface area contributed by atoms with Gasteiger partial charge in [0.05, 0.1) is 0 Å². The van der Waals surface area contributed by atoms with Crippen molar-refractivity contribution in [2.24, 2.45) is 0 Å². The highest BCUT2D eigenvalue weighted by Crippen LogP contribution is 2.42. The molecular weight excluding hydrogens is 350 g/mol. The lowest BCUT2D eigenvalue weighted by molar-refractivity contribution is -0.144. The molecule has 1 aliphatic heterocycles. The number of anilines is 2. The Morgan fingerprint density at radius 2 is 1.68 bits per heavy atom. The van der Waals surface area contributed by atoms with Crippen LogP contribution in [0.15, 0.2) is 78.9 Å². The zero-order valence-corrected chi connectivity index (χ0v) is 15.8. The van der Waals surface area contributed by atoms with E-state index in [0.29, 0.717) is 11.7 Å². The molecule has 4 heteroatoms. The van der Waals surface area contributed by atoms with Crippen molar-refractivity contribution in [3.8, 4) is 5.75 Å². The summed E-state index contributed by atoms with van der Waals surface area (Å²) in [6.07, 6.45) is 0.151.